The summed E-state index contributed by atoms with van der Waals surface area (Å²) in [7, 11) is 3.98. The van der Waals surface area contributed by atoms with Gasteiger partial charge in [0.1, 0.15) is 0 Å². The molecule has 0 aromatic heterocycles. The number of carbonyl (C=O) groups excluding carboxylic acids is 1. The van der Waals surface area contributed by atoms with E-state index in [0.29, 0.717) is 6.04 Å². The highest BCUT2D eigenvalue weighted by atomic mass is 16.2. The summed E-state index contributed by atoms with van der Waals surface area (Å²) in [5.74, 6) is 0.184. The molecule has 0 saturated heterocycles. The van der Waals surface area contributed by atoms with Crippen molar-refractivity contribution in [2.75, 3.05) is 27.2 Å². The van der Waals surface area contributed by atoms with Gasteiger partial charge in [-0.15, -0.1) is 0 Å². The number of hydrogen-bond acceptors (Lipinski definition) is 3. The molecule has 0 aromatic rings. The fourth-order valence-corrected chi connectivity index (χ4v) is 2.29. The lowest BCUT2D eigenvalue weighted by molar-refractivity contribution is -0.126. The van der Waals surface area contributed by atoms with Crippen LogP contribution in [0.4, 0.5) is 0 Å². The van der Waals surface area contributed by atoms with Crippen LogP contribution in [-0.2, 0) is 4.79 Å². The highest BCUT2D eigenvalue weighted by Gasteiger charge is 2.22. The molecule has 0 aromatic carbocycles. The molecule has 0 heterocycles. The molecule has 0 radical (unpaired) electrons. The van der Waals surface area contributed by atoms with E-state index in [0.717, 1.165) is 32.4 Å². The second-order valence-corrected chi connectivity index (χ2v) is 5.10. The van der Waals surface area contributed by atoms with E-state index in [1.807, 2.05) is 21.0 Å². The lowest BCUT2D eigenvalue weighted by Crippen LogP contribution is -2.46. The molecule has 2 N–H and O–H groups in total. The van der Waals surface area contributed by atoms with Gasteiger partial charge in [0, 0.05) is 6.04 Å². The molecule has 4 nitrogen and oxygen atoms in total. The monoisotopic (exact) mass is 241 g/mol. The largest absolute Gasteiger partial charge is 0.352 e. The molecule has 0 aliphatic heterocycles. The first-order chi connectivity index (χ1) is 8.15. The summed E-state index contributed by atoms with van der Waals surface area (Å²) in [6, 6.07) is 0.406. The van der Waals surface area contributed by atoms with Crippen LogP contribution in [0.5, 0.6) is 0 Å². The van der Waals surface area contributed by atoms with Gasteiger partial charge < -0.3 is 10.6 Å². The molecule has 1 fully saturated rings. The van der Waals surface area contributed by atoms with Crippen molar-refractivity contribution in [2.45, 2.75) is 51.1 Å². The number of carbonyl (C=O) groups is 1. The molecule has 1 saturated carbocycles. The van der Waals surface area contributed by atoms with Crippen LogP contribution in [0.25, 0.3) is 0 Å². The summed E-state index contributed by atoms with van der Waals surface area (Å²) in [6.07, 6.45) is 5.91. The highest BCUT2D eigenvalue weighted by molar-refractivity contribution is 5.81. The van der Waals surface area contributed by atoms with Crippen LogP contribution in [0.2, 0.25) is 0 Å². The van der Waals surface area contributed by atoms with Gasteiger partial charge in [0.25, 0.3) is 0 Å². The highest BCUT2D eigenvalue weighted by Crippen LogP contribution is 2.17. The maximum atomic E-state index is 12.0. The van der Waals surface area contributed by atoms with Crippen molar-refractivity contribution in [3.8, 4) is 0 Å². The fraction of sp³-hybridized carbons (Fsp3) is 0.923. The summed E-state index contributed by atoms with van der Waals surface area (Å²) in [4.78, 5) is 14.1. The van der Waals surface area contributed by atoms with E-state index in [4.69, 9.17) is 0 Å². The maximum Gasteiger partial charge on any atom is 0.237 e. The van der Waals surface area contributed by atoms with Crippen molar-refractivity contribution in [1.29, 1.82) is 0 Å². The topological polar surface area (TPSA) is 44.4 Å². The van der Waals surface area contributed by atoms with Gasteiger partial charge in [-0.2, -0.15) is 0 Å². The Hall–Kier alpha value is -0.610. The fourth-order valence-electron chi connectivity index (χ4n) is 2.29. The van der Waals surface area contributed by atoms with E-state index in [1.165, 1.54) is 12.8 Å². The molecule has 17 heavy (non-hydrogen) atoms. The third-order valence-corrected chi connectivity index (χ3v) is 3.68. The minimum Gasteiger partial charge on any atom is -0.352 e. The van der Waals surface area contributed by atoms with Gasteiger partial charge in [-0.25, -0.2) is 0 Å². The Morgan fingerprint density at radius 3 is 2.65 bits per heavy atom. The number of hydrogen-bond donors (Lipinski definition) is 2. The van der Waals surface area contributed by atoms with Crippen LogP contribution in [0, 0.1) is 0 Å². The third-order valence-electron chi connectivity index (χ3n) is 3.68. The standard InChI is InChI=1S/C13H27N3O/c1-11(16(3)10-6-9-14-2)13(17)15-12-7-4-5-8-12/h11-12,14H,4-10H2,1-3H3,(H,15,17). The maximum absolute atomic E-state index is 12.0. The predicted molar refractivity (Wildman–Crippen MR) is 71.0 cm³/mol. The second-order valence-electron chi connectivity index (χ2n) is 5.10. The molecular formula is C13H27N3O. The smallest absolute Gasteiger partial charge is 0.237 e. The van der Waals surface area contributed by atoms with Crippen molar-refractivity contribution in [2.24, 2.45) is 0 Å². The van der Waals surface area contributed by atoms with Crippen LogP contribution in [0.15, 0.2) is 0 Å². The van der Waals surface area contributed by atoms with E-state index in [1.54, 1.807) is 0 Å². The van der Waals surface area contributed by atoms with Gasteiger partial charge >= 0.3 is 0 Å². The average molecular weight is 241 g/mol. The quantitative estimate of drug-likeness (QED) is 0.653. The van der Waals surface area contributed by atoms with Gasteiger partial charge in [0.2, 0.25) is 5.91 Å². The van der Waals surface area contributed by atoms with Gasteiger partial charge in [0.15, 0.2) is 0 Å². The first-order valence-corrected chi connectivity index (χ1v) is 6.80. The van der Waals surface area contributed by atoms with Gasteiger partial charge in [0.05, 0.1) is 6.04 Å². The summed E-state index contributed by atoms with van der Waals surface area (Å²) < 4.78 is 0. The number of nitrogens with one attached hydrogen (secondary N) is 2. The zero-order chi connectivity index (χ0) is 12.7. The number of nitrogens with zero attached hydrogens (tertiary/aromatic N) is 1. The molecule has 0 bridgehead atoms. The Balaban J connectivity index is 2.24. The average Bonchev–Trinajstić information content (AvgIpc) is 2.81. The van der Waals surface area contributed by atoms with Crippen LogP contribution in [0.1, 0.15) is 39.0 Å². The van der Waals surface area contributed by atoms with Crippen molar-refractivity contribution < 1.29 is 4.79 Å². The Kier molecular flexibility index (Phi) is 6.52. The zero-order valence-electron chi connectivity index (χ0n) is 11.5. The van der Waals surface area contributed by atoms with E-state index in [-0.39, 0.29) is 11.9 Å². The molecule has 1 rings (SSSR count). The van der Waals surface area contributed by atoms with Crippen molar-refractivity contribution in [3.63, 3.8) is 0 Å². The number of amides is 1. The Morgan fingerprint density at radius 2 is 2.06 bits per heavy atom. The molecule has 1 amide bonds. The molecule has 0 spiro atoms. The Morgan fingerprint density at radius 1 is 1.41 bits per heavy atom. The Bertz CT molecular complexity index is 227. The van der Waals surface area contributed by atoms with Gasteiger partial charge in [-0.1, -0.05) is 12.8 Å². The zero-order valence-corrected chi connectivity index (χ0v) is 11.5. The molecule has 4 heteroatoms. The number of likely N-dealkylation sites (N-methyl/N-ethyl adjacent to an activating group) is 1. The lowest BCUT2D eigenvalue weighted by atomic mass is 10.2. The predicted octanol–water partition coefficient (Wildman–Crippen LogP) is 0.975. The minimum absolute atomic E-state index is 0.0209. The molecular weight excluding hydrogens is 214 g/mol. The van der Waals surface area contributed by atoms with Crippen LogP contribution < -0.4 is 10.6 Å². The SMILES string of the molecule is CNCCCN(C)C(C)C(=O)NC1CCCC1. The van der Waals surface area contributed by atoms with E-state index in [9.17, 15) is 4.79 Å². The van der Waals surface area contributed by atoms with Crippen molar-refractivity contribution in [1.82, 2.24) is 15.5 Å². The first-order valence-electron chi connectivity index (χ1n) is 6.80. The van der Waals surface area contributed by atoms with Crippen molar-refractivity contribution >= 4 is 5.91 Å². The third kappa shape index (κ3) is 5.04. The summed E-state index contributed by atoms with van der Waals surface area (Å²) in [6.45, 7) is 3.95. The minimum atomic E-state index is -0.0209. The summed E-state index contributed by atoms with van der Waals surface area (Å²) >= 11 is 0. The summed E-state index contributed by atoms with van der Waals surface area (Å²) in [5.41, 5.74) is 0. The molecule has 1 unspecified atom stereocenters. The first kappa shape index (κ1) is 14.5. The van der Waals surface area contributed by atoms with E-state index >= 15 is 0 Å². The second kappa shape index (κ2) is 7.67. The van der Waals surface area contributed by atoms with Crippen LogP contribution >= 0.6 is 0 Å². The molecule has 1 aliphatic rings. The normalized spacial score (nSPS) is 18.6. The van der Waals surface area contributed by atoms with Gasteiger partial charge in [-0.05, 0) is 53.4 Å². The Labute approximate surface area is 105 Å². The van der Waals surface area contributed by atoms with Crippen LogP contribution in [0.3, 0.4) is 0 Å². The van der Waals surface area contributed by atoms with Crippen molar-refractivity contribution in [3.05, 3.63) is 0 Å². The molecule has 1 atom stereocenters. The van der Waals surface area contributed by atoms with E-state index in [2.05, 4.69) is 15.5 Å². The molecule has 100 valence electrons. The van der Waals surface area contributed by atoms with Crippen LogP contribution in [-0.4, -0.2) is 50.1 Å². The summed E-state index contributed by atoms with van der Waals surface area (Å²) in [5, 5.41) is 6.28. The lowest BCUT2D eigenvalue weighted by Gasteiger charge is -2.25. The van der Waals surface area contributed by atoms with Gasteiger partial charge in [-0.3, -0.25) is 9.69 Å². The van der Waals surface area contributed by atoms with E-state index < -0.39 is 0 Å². The number of rotatable bonds is 7. The molecule has 1 aliphatic carbocycles.